The second-order valence-corrected chi connectivity index (χ2v) is 3.28. The number of benzene rings is 1. The third-order valence-corrected chi connectivity index (χ3v) is 1.96. The summed E-state index contributed by atoms with van der Waals surface area (Å²) < 4.78 is 4.88. The molecule has 1 radical (unpaired) electrons. The van der Waals surface area contributed by atoms with Gasteiger partial charge in [-0.25, -0.2) is 4.79 Å². The van der Waals surface area contributed by atoms with Crippen LogP contribution in [0.2, 0.25) is 0 Å². The van der Waals surface area contributed by atoms with E-state index in [9.17, 15) is 14.9 Å². The second kappa shape index (κ2) is 6.47. The van der Waals surface area contributed by atoms with Crippen molar-refractivity contribution in [3.8, 4) is 0 Å². The van der Waals surface area contributed by atoms with Crippen molar-refractivity contribution in [2.24, 2.45) is 0 Å². The van der Waals surface area contributed by atoms with Crippen LogP contribution in [0.5, 0.6) is 0 Å². The Morgan fingerprint density at radius 1 is 1.41 bits per heavy atom. The van der Waals surface area contributed by atoms with Gasteiger partial charge in [0.2, 0.25) is 0 Å². The van der Waals surface area contributed by atoms with Gasteiger partial charge in [0.1, 0.15) is 6.61 Å². The number of carbonyl (C=O) groups excluding carboxylic acids is 1. The number of nitro groups is 1. The van der Waals surface area contributed by atoms with Gasteiger partial charge in [-0.05, 0) is 24.1 Å². The van der Waals surface area contributed by atoms with Gasteiger partial charge >= 0.3 is 6.09 Å². The van der Waals surface area contributed by atoms with Crippen molar-refractivity contribution < 1.29 is 14.5 Å². The molecular weight excluding hydrogens is 224 g/mol. The maximum Gasteiger partial charge on any atom is 0.407 e. The summed E-state index contributed by atoms with van der Waals surface area (Å²) in [4.78, 5) is 21.0. The lowest BCUT2D eigenvalue weighted by Gasteiger charge is -2.05. The van der Waals surface area contributed by atoms with Crippen molar-refractivity contribution in [1.82, 2.24) is 5.32 Å². The van der Waals surface area contributed by atoms with Crippen molar-refractivity contribution >= 4 is 11.8 Å². The van der Waals surface area contributed by atoms with E-state index in [1.807, 2.05) is 0 Å². The first kappa shape index (κ1) is 13.0. The van der Waals surface area contributed by atoms with Crippen LogP contribution in [-0.4, -0.2) is 17.6 Å². The molecular formula is C11H13N2O4. The fourth-order valence-corrected chi connectivity index (χ4v) is 1.10. The molecule has 0 heterocycles. The Hall–Kier alpha value is -2.11. The third kappa shape index (κ3) is 4.50. The van der Waals surface area contributed by atoms with Gasteiger partial charge in [-0.15, -0.1) is 0 Å². The van der Waals surface area contributed by atoms with E-state index in [1.54, 1.807) is 12.1 Å². The standard InChI is InChI=1S/C11H13N2O4/c1-2-7-12-11(14)17-8-9-3-5-10(6-4-9)13(15)16/h3-6H,1-2,7-8H2,(H,12,14). The van der Waals surface area contributed by atoms with E-state index in [2.05, 4.69) is 12.2 Å². The molecule has 6 heteroatoms. The number of carbonyl (C=O) groups is 1. The number of amides is 1. The summed E-state index contributed by atoms with van der Waals surface area (Å²) in [6.07, 6.45) is 0.0686. The minimum Gasteiger partial charge on any atom is -0.445 e. The lowest BCUT2D eigenvalue weighted by Crippen LogP contribution is -2.24. The number of hydrogen-bond donors (Lipinski definition) is 1. The maximum atomic E-state index is 11.1. The summed E-state index contributed by atoms with van der Waals surface area (Å²) in [6, 6.07) is 5.83. The van der Waals surface area contributed by atoms with Crippen LogP contribution in [0.4, 0.5) is 10.5 Å². The number of nitrogens with one attached hydrogen (secondary N) is 1. The number of nitro benzene ring substituents is 1. The van der Waals surface area contributed by atoms with Gasteiger partial charge in [-0.1, -0.05) is 6.92 Å². The molecule has 0 spiro atoms. The number of non-ortho nitro benzene ring substituents is 1. The van der Waals surface area contributed by atoms with Crippen molar-refractivity contribution in [3.05, 3.63) is 46.9 Å². The first-order valence-corrected chi connectivity index (χ1v) is 5.06. The molecule has 1 aromatic carbocycles. The van der Waals surface area contributed by atoms with Crippen LogP contribution in [0.25, 0.3) is 0 Å². The molecule has 1 aromatic rings. The summed E-state index contributed by atoms with van der Waals surface area (Å²) in [7, 11) is 0. The molecule has 17 heavy (non-hydrogen) atoms. The zero-order chi connectivity index (χ0) is 12.7. The Labute approximate surface area is 98.7 Å². The topological polar surface area (TPSA) is 81.5 Å². The van der Waals surface area contributed by atoms with Gasteiger partial charge in [0, 0.05) is 18.7 Å². The molecule has 0 bridgehead atoms. The number of alkyl carbamates (subject to hydrolysis) is 1. The molecule has 1 rings (SSSR count). The van der Waals surface area contributed by atoms with E-state index in [0.29, 0.717) is 18.5 Å². The summed E-state index contributed by atoms with van der Waals surface area (Å²) in [5.74, 6) is 0. The highest BCUT2D eigenvalue weighted by molar-refractivity contribution is 5.67. The number of rotatable bonds is 5. The minimum atomic E-state index is -0.521. The molecule has 0 atom stereocenters. The fraction of sp³-hybridized carbons (Fsp3) is 0.273. The molecule has 0 aliphatic rings. The Morgan fingerprint density at radius 2 is 2.06 bits per heavy atom. The van der Waals surface area contributed by atoms with Crippen LogP contribution in [0, 0.1) is 17.0 Å². The van der Waals surface area contributed by atoms with Gasteiger partial charge in [0.05, 0.1) is 4.92 Å². The Kier molecular flexibility index (Phi) is 4.93. The van der Waals surface area contributed by atoms with Crippen LogP contribution >= 0.6 is 0 Å². The first-order chi connectivity index (χ1) is 8.13. The maximum absolute atomic E-state index is 11.1. The highest BCUT2D eigenvalue weighted by atomic mass is 16.6. The molecule has 1 amide bonds. The van der Waals surface area contributed by atoms with E-state index in [0.717, 1.165) is 0 Å². The number of hydrogen-bond acceptors (Lipinski definition) is 4. The summed E-state index contributed by atoms with van der Waals surface area (Å²) in [6.45, 7) is 4.11. The molecule has 0 aliphatic carbocycles. The predicted octanol–water partition coefficient (Wildman–Crippen LogP) is 2.05. The minimum absolute atomic E-state index is 0.00950. The monoisotopic (exact) mass is 237 g/mol. The molecule has 0 aromatic heterocycles. The van der Waals surface area contributed by atoms with Gasteiger partial charge < -0.3 is 10.1 Å². The highest BCUT2D eigenvalue weighted by Crippen LogP contribution is 2.12. The Bertz CT molecular complexity index is 389. The second-order valence-electron chi connectivity index (χ2n) is 3.28. The molecule has 0 saturated carbocycles. The lowest BCUT2D eigenvalue weighted by molar-refractivity contribution is -0.384. The van der Waals surface area contributed by atoms with Crippen LogP contribution in [0.1, 0.15) is 12.0 Å². The zero-order valence-electron chi connectivity index (χ0n) is 9.22. The SMILES string of the molecule is [CH2]CCNC(=O)OCc1ccc([N+](=O)[O-])cc1. The van der Waals surface area contributed by atoms with Crippen LogP contribution < -0.4 is 5.32 Å². The lowest BCUT2D eigenvalue weighted by atomic mass is 10.2. The summed E-state index contributed by atoms with van der Waals surface area (Å²) >= 11 is 0. The van der Waals surface area contributed by atoms with E-state index in [-0.39, 0.29) is 12.3 Å². The summed E-state index contributed by atoms with van der Waals surface area (Å²) in [5.41, 5.74) is 0.704. The molecule has 0 saturated heterocycles. The van der Waals surface area contributed by atoms with E-state index < -0.39 is 11.0 Å². The normalized spacial score (nSPS) is 9.71. The van der Waals surface area contributed by atoms with Crippen molar-refractivity contribution in [1.29, 1.82) is 0 Å². The first-order valence-electron chi connectivity index (χ1n) is 5.06. The predicted molar refractivity (Wildman–Crippen MR) is 61.3 cm³/mol. The van der Waals surface area contributed by atoms with Crippen molar-refractivity contribution in [2.45, 2.75) is 13.0 Å². The van der Waals surface area contributed by atoms with Gasteiger partial charge in [0.15, 0.2) is 0 Å². The highest BCUT2D eigenvalue weighted by Gasteiger charge is 2.05. The molecule has 91 valence electrons. The van der Waals surface area contributed by atoms with Gasteiger partial charge in [0.25, 0.3) is 5.69 Å². The molecule has 0 unspecified atom stereocenters. The van der Waals surface area contributed by atoms with E-state index >= 15 is 0 Å². The van der Waals surface area contributed by atoms with Crippen LogP contribution in [0.15, 0.2) is 24.3 Å². The third-order valence-electron chi connectivity index (χ3n) is 1.96. The van der Waals surface area contributed by atoms with Crippen LogP contribution in [-0.2, 0) is 11.3 Å². The van der Waals surface area contributed by atoms with Gasteiger partial charge in [-0.2, -0.15) is 0 Å². The Balaban J connectivity index is 2.42. The number of ether oxygens (including phenoxy) is 1. The number of nitrogens with zero attached hydrogens (tertiary/aromatic N) is 1. The van der Waals surface area contributed by atoms with Gasteiger partial charge in [-0.3, -0.25) is 10.1 Å². The molecule has 1 N–H and O–H groups in total. The molecule has 6 nitrogen and oxygen atoms in total. The van der Waals surface area contributed by atoms with E-state index in [1.165, 1.54) is 12.1 Å². The average molecular weight is 237 g/mol. The quantitative estimate of drug-likeness (QED) is 0.627. The smallest absolute Gasteiger partial charge is 0.407 e. The zero-order valence-corrected chi connectivity index (χ0v) is 9.22. The van der Waals surface area contributed by atoms with Crippen LogP contribution in [0.3, 0.4) is 0 Å². The largest absolute Gasteiger partial charge is 0.445 e. The van der Waals surface area contributed by atoms with E-state index in [4.69, 9.17) is 4.74 Å². The Morgan fingerprint density at radius 3 is 2.59 bits per heavy atom. The fourth-order valence-electron chi connectivity index (χ4n) is 1.10. The molecule has 0 aliphatic heterocycles. The molecule has 0 fully saturated rings. The average Bonchev–Trinajstić information content (AvgIpc) is 2.34. The summed E-state index contributed by atoms with van der Waals surface area (Å²) in [5, 5.41) is 12.9. The van der Waals surface area contributed by atoms with Crippen molar-refractivity contribution in [2.75, 3.05) is 6.54 Å². The van der Waals surface area contributed by atoms with Crippen molar-refractivity contribution in [3.63, 3.8) is 0 Å².